The Labute approximate surface area is 111 Å². The summed E-state index contributed by atoms with van der Waals surface area (Å²) in [7, 11) is 0. The van der Waals surface area contributed by atoms with E-state index in [2.05, 4.69) is 48.1 Å². The minimum atomic E-state index is 0.543. The van der Waals surface area contributed by atoms with Crippen LogP contribution in [0.2, 0.25) is 0 Å². The normalized spacial score (nSPS) is 17.1. The number of rotatable bonds is 4. The van der Waals surface area contributed by atoms with Gasteiger partial charge in [0.05, 0.1) is 0 Å². The van der Waals surface area contributed by atoms with Gasteiger partial charge in [-0.25, -0.2) is 0 Å². The van der Waals surface area contributed by atoms with Crippen molar-refractivity contribution in [1.29, 1.82) is 0 Å². The monoisotopic (exact) mass is 247 g/mol. The van der Waals surface area contributed by atoms with Gasteiger partial charge in [0.1, 0.15) is 0 Å². The van der Waals surface area contributed by atoms with Gasteiger partial charge in [-0.05, 0) is 64.8 Å². The van der Waals surface area contributed by atoms with Gasteiger partial charge in [0.25, 0.3) is 0 Å². The van der Waals surface area contributed by atoms with E-state index >= 15 is 0 Å². The zero-order valence-electron chi connectivity index (χ0n) is 11.8. The first-order valence-electron chi connectivity index (χ1n) is 7.07. The number of piperidine rings is 1. The third-order valence-electron chi connectivity index (χ3n) is 3.75. The molecule has 0 radical (unpaired) electrons. The summed E-state index contributed by atoms with van der Waals surface area (Å²) < 4.78 is 0. The van der Waals surface area contributed by atoms with E-state index in [0.717, 1.165) is 11.6 Å². The second-order valence-electron chi connectivity index (χ2n) is 5.59. The van der Waals surface area contributed by atoms with E-state index in [9.17, 15) is 0 Å². The summed E-state index contributed by atoms with van der Waals surface area (Å²) in [6.07, 6.45) is 4.52. The Morgan fingerprint density at radius 1 is 1.39 bits per heavy atom. The maximum atomic E-state index is 4.29. The Hall–Kier alpha value is -1.09. The molecule has 0 bridgehead atoms. The highest BCUT2D eigenvalue weighted by atomic mass is 15.2. The van der Waals surface area contributed by atoms with Crippen LogP contribution >= 0.6 is 0 Å². The molecule has 1 aliphatic heterocycles. The molecule has 1 aromatic heterocycles. The molecule has 0 saturated carbocycles. The van der Waals surface area contributed by atoms with Crippen molar-refractivity contribution in [2.75, 3.05) is 24.5 Å². The van der Waals surface area contributed by atoms with E-state index in [-0.39, 0.29) is 0 Å². The van der Waals surface area contributed by atoms with E-state index in [1.807, 2.05) is 6.20 Å². The van der Waals surface area contributed by atoms with Gasteiger partial charge in [-0.2, -0.15) is 0 Å². The maximum Gasteiger partial charge on any atom is 0.0402 e. The second-order valence-corrected chi connectivity index (χ2v) is 5.59. The summed E-state index contributed by atoms with van der Waals surface area (Å²) >= 11 is 0. The molecule has 0 aliphatic carbocycles. The summed E-state index contributed by atoms with van der Waals surface area (Å²) in [5, 5.41) is 3.44. The third-order valence-corrected chi connectivity index (χ3v) is 3.75. The highest BCUT2D eigenvalue weighted by Gasteiger charge is 2.19. The molecule has 0 spiro atoms. The molecule has 3 heteroatoms. The highest BCUT2D eigenvalue weighted by Crippen LogP contribution is 2.22. The highest BCUT2D eigenvalue weighted by molar-refractivity contribution is 5.47. The lowest BCUT2D eigenvalue weighted by atomic mass is 9.96. The molecule has 1 fully saturated rings. The molecule has 2 rings (SSSR count). The fraction of sp³-hybridized carbons (Fsp3) is 0.667. The lowest BCUT2D eigenvalue weighted by Gasteiger charge is -2.34. The standard InChI is InChI=1S/C15H25N3/c1-12(2)18(11-14-4-7-16-8-5-14)15-6-9-17-13(3)10-15/h6,9-10,12,14,16H,4-5,7-8,11H2,1-3H3. The van der Waals surface area contributed by atoms with Crippen LogP contribution in [0, 0.1) is 12.8 Å². The number of aryl methyl sites for hydroxylation is 1. The van der Waals surface area contributed by atoms with Crippen molar-refractivity contribution in [3.05, 3.63) is 24.0 Å². The fourth-order valence-electron chi connectivity index (χ4n) is 2.67. The molecule has 1 saturated heterocycles. The molecule has 1 aromatic rings. The molecule has 0 amide bonds. The minimum Gasteiger partial charge on any atom is -0.369 e. The van der Waals surface area contributed by atoms with E-state index in [4.69, 9.17) is 0 Å². The number of pyridine rings is 1. The van der Waals surface area contributed by atoms with Crippen LogP contribution in [0.15, 0.2) is 18.3 Å². The molecule has 0 aromatic carbocycles. The predicted octanol–water partition coefficient (Wildman–Crippen LogP) is 2.60. The third kappa shape index (κ3) is 3.45. The Kier molecular flexibility index (Phi) is 4.59. The molecule has 1 N–H and O–H groups in total. The summed E-state index contributed by atoms with van der Waals surface area (Å²) in [6.45, 7) is 10.1. The van der Waals surface area contributed by atoms with E-state index in [1.54, 1.807) is 0 Å². The first-order chi connectivity index (χ1) is 8.66. The molecule has 0 atom stereocenters. The SMILES string of the molecule is Cc1cc(N(CC2CCNCC2)C(C)C)ccn1. The van der Waals surface area contributed by atoms with Crippen molar-refractivity contribution < 1.29 is 0 Å². The number of nitrogens with one attached hydrogen (secondary N) is 1. The zero-order chi connectivity index (χ0) is 13.0. The smallest absolute Gasteiger partial charge is 0.0402 e. The van der Waals surface area contributed by atoms with Gasteiger partial charge in [0.2, 0.25) is 0 Å². The Morgan fingerprint density at radius 2 is 2.11 bits per heavy atom. The van der Waals surface area contributed by atoms with Crippen LogP contribution in [0.3, 0.4) is 0 Å². The van der Waals surface area contributed by atoms with Crippen molar-refractivity contribution in [2.45, 2.75) is 39.7 Å². The molecule has 18 heavy (non-hydrogen) atoms. The summed E-state index contributed by atoms with van der Waals surface area (Å²) in [5.41, 5.74) is 2.42. The van der Waals surface area contributed by atoms with Gasteiger partial charge in [0.15, 0.2) is 0 Å². The van der Waals surface area contributed by atoms with E-state index < -0.39 is 0 Å². The molecular weight excluding hydrogens is 222 g/mol. The average molecular weight is 247 g/mol. The van der Waals surface area contributed by atoms with Crippen LogP contribution in [-0.4, -0.2) is 30.7 Å². The quantitative estimate of drug-likeness (QED) is 0.886. The number of hydrogen-bond donors (Lipinski definition) is 1. The van der Waals surface area contributed by atoms with Crippen molar-refractivity contribution in [1.82, 2.24) is 10.3 Å². The predicted molar refractivity (Wildman–Crippen MR) is 77.0 cm³/mol. The van der Waals surface area contributed by atoms with Gasteiger partial charge >= 0.3 is 0 Å². The maximum absolute atomic E-state index is 4.29. The molecule has 2 heterocycles. The average Bonchev–Trinajstić information content (AvgIpc) is 2.37. The van der Waals surface area contributed by atoms with Crippen LogP contribution in [-0.2, 0) is 0 Å². The van der Waals surface area contributed by atoms with Crippen LogP contribution < -0.4 is 10.2 Å². The first-order valence-corrected chi connectivity index (χ1v) is 7.07. The summed E-state index contributed by atoms with van der Waals surface area (Å²) in [4.78, 5) is 6.81. The van der Waals surface area contributed by atoms with Crippen LogP contribution in [0.5, 0.6) is 0 Å². The summed E-state index contributed by atoms with van der Waals surface area (Å²) in [5.74, 6) is 0.821. The molecular formula is C15H25N3. The number of hydrogen-bond acceptors (Lipinski definition) is 3. The van der Waals surface area contributed by atoms with Crippen molar-refractivity contribution in [2.24, 2.45) is 5.92 Å². The first kappa shape index (κ1) is 13.3. The molecule has 1 aliphatic rings. The zero-order valence-corrected chi connectivity index (χ0v) is 11.8. The second kappa shape index (κ2) is 6.19. The Bertz CT molecular complexity index is 370. The van der Waals surface area contributed by atoms with Gasteiger partial charge < -0.3 is 10.2 Å². The van der Waals surface area contributed by atoms with Gasteiger partial charge in [-0.3, -0.25) is 4.98 Å². The molecule has 100 valence electrons. The van der Waals surface area contributed by atoms with Gasteiger partial charge in [-0.15, -0.1) is 0 Å². The van der Waals surface area contributed by atoms with Crippen molar-refractivity contribution in [3.8, 4) is 0 Å². The topological polar surface area (TPSA) is 28.2 Å². The van der Waals surface area contributed by atoms with Gasteiger partial charge in [-0.1, -0.05) is 0 Å². The van der Waals surface area contributed by atoms with Crippen LogP contribution in [0.4, 0.5) is 5.69 Å². The van der Waals surface area contributed by atoms with E-state index in [1.165, 1.54) is 38.2 Å². The van der Waals surface area contributed by atoms with Crippen molar-refractivity contribution in [3.63, 3.8) is 0 Å². The number of anilines is 1. The van der Waals surface area contributed by atoms with Gasteiger partial charge in [0, 0.05) is 30.2 Å². The number of aromatic nitrogens is 1. The Balaban J connectivity index is 2.07. The summed E-state index contributed by atoms with van der Waals surface area (Å²) in [6, 6.07) is 4.87. The largest absolute Gasteiger partial charge is 0.369 e. The van der Waals surface area contributed by atoms with Crippen molar-refractivity contribution >= 4 is 5.69 Å². The molecule has 3 nitrogen and oxygen atoms in total. The number of nitrogens with zero attached hydrogens (tertiary/aromatic N) is 2. The Morgan fingerprint density at radius 3 is 2.72 bits per heavy atom. The van der Waals surface area contributed by atoms with Crippen LogP contribution in [0.25, 0.3) is 0 Å². The van der Waals surface area contributed by atoms with Crippen LogP contribution in [0.1, 0.15) is 32.4 Å². The lowest BCUT2D eigenvalue weighted by Crippen LogP contribution is -2.39. The van der Waals surface area contributed by atoms with E-state index in [0.29, 0.717) is 6.04 Å². The lowest BCUT2D eigenvalue weighted by molar-refractivity contribution is 0.368. The fourth-order valence-corrected chi connectivity index (χ4v) is 2.67. The minimum absolute atomic E-state index is 0.543. The molecule has 0 unspecified atom stereocenters.